The molecule has 6 heteroatoms. The van der Waals surface area contributed by atoms with Crippen molar-refractivity contribution in [2.24, 2.45) is 0 Å². The Hall–Kier alpha value is -2.11. The number of aromatic nitrogens is 1. The summed E-state index contributed by atoms with van der Waals surface area (Å²) in [5.41, 5.74) is 0.991. The van der Waals surface area contributed by atoms with E-state index < -0.39 is 5.97 Å². The van der Waals surface area contributed by atoms with Gasteiger partial charge in [-0.05, 0) is 32.9 Å². The van der Waals surface area contributed by atoms with Crippen LogP contribution in [0.5, 0.6) is 0 Å². The molecular weight excluding hydrogens is 258 g/mol. The topological polar surface area (TPSA) is 71.5 Å². The predicted octanol–water partition coefficient (Wildman–Crippen LogP) is 1.46. The molecule has 110 valence electrons. The number of pyridine rings is 1. The number of ether oxygens (including phenoxy) is 1. The Morgan fingerprint density at radius 3 is 2.45 bits per heavy atom. The van der Waals surface area contributed by atoms with Gasteiger partial charge in [0.15, 0.2) is 0 Å². The molecule has 0 fully saturated rings. The number of carbonyl (C=O) groups excluding carboxylic acids is 2. The van der Waals surface area contributed by atoms with Gasteiger partial charge in [0.2, 0.25) is 5.91 Å². The fourth-order valence-electron chi connectivity index (χ4n) is 1.84. The molecule has 1 amide bonds. The fraction of sp³-hybridized carbons (Fsp3) is 0.500. The first kappa shape index (κ1) is 15.9. The number of rotatable bonds is 6. The fourth-order valence-corrected chi connectivity index (χ4v) is 1.84. The first-order valence-electron chi connectivity index (χ1n) is 6.61. The van der Waals surface area contributed by atoms with Crippen molar-refractivity contribution >= 4 is 17.7 Å². The van der Waals surface area contributed by atoms with Gasteiger partial charge in [-0.2, -0.15) is 0 Å². The van der Waals surface area contributed by atoms with E-state index >= 15 is 0 Å². The van der Waals surface area contributed by atoms with Crippen molar-refractivity contribution < 1.29 is 14.3 Å². The Kier molecular flexibility index (Phi) is 5.96. The van der Waals surface area contributed by atoms with Gasteiger partial charge < -0.3 is 15.0 Å². The molecule has 0 atom stereocenters. The van der Waals surface area contributed by atoms with Crippen LogP contribution in [0.2, 0.25) is 0 Å². The number of likely N-dealkylation sites (N-methyl/N-ethyl adjacent to an activating group) is 1. The second-order valence-electron chi connectivity index (χ2n) is 4.24. The monoisotopic (exact) mass is 279 g/mol. The number of nitrogens with zero attached hydrogens (tertiary/aromatic N) is 2. The number of carbonyl (C=O) groups is 2. The minimum atomic E-state index is -0.416. The molecule has 6 nitrogen and oxygen atoms in total. The molecular formula is C14H21N3O3. The van der Waals surface area contributed by atoms with Gasteiger partial charge in [-0.3, -0.25) is 4.79 Å². The molecule has 20 heavy (non-hydrogen) atoms. The summed E-state index contributed by atoms with van der Waals surface area (Å²) in [4.78, 5) is 29.3. The highest BCUT2D eigenvalue weighted by molar-refractivity contribution is 5.90. The molecule has 0 saturated heterocycles. The average Bonchev–Trinajstić information content (AvgIpc) is 2.45. The summed E-state index contributed by atoms with van der Waals surface area (Å²) in [6, 6.07) is 3.30. The van der Waals surface area contributed by atoms with Gasteiger partial charge in [-0.1, -0.05) is 0 Å². The van der Waals surface area contributed by atoms with Crippen LogP contribution in [0.15, 0.2) is 12.1 Å². The summed E-state index contributed by atoms with van der Waals surface area (Å²) in [5, 5.41) is 2.96. The van der Waals surface area contributed by atoms with E-state index in [0.717, 1.165) is 0 Å². The molecule has 0 aromatic carbocycles. The zero-order chi connectivity index (χ0) is 15.1. The number of hydrogen-bond acceptors (Lipinski definition) is 5. The van der Waals surface area contributed by atoms with Crippen molar-refractivity contribution in [2.75, 3.05) is 32.1 Å². The first-order chi connectivity index (χ1) is 9.53. The molecule has 0 aliphatic carbocycles. The van der Waals surface area contributed by atoms with Crippen LogP contribution in [-0.2, 0) is 9.53 Å². The number of aryl methyl sites for hydroxylation is 1. The SMILES string of the molecule is CCN(CC)C(=O)CNc1ccc(C(=O)OC)c(C)n1. The van der Waals surface area contributed by atoms with E-state index in [2.05, 4.69) is 15.0 Å². The molecule has 0 unspecified atom stereocenters. The van der Waals surface area contributed by atoms with E-state index in [4.69, 9.17) is 0 Å². The number of nitrogens with one attached hydrogen (secondary N) is 1. The van der Waals surface area contributed by atoms with Crippen molar-refractivity contribution in [2.45, 2.75) is 20.8 Å². The summed E-state index contributed by atoms with van der Waals surface area (Å²) in [6.07, 6.45) is 0. The van der Waals surface area contributed by atoms with Gasteiger partial charge in [-0.25, -0.2) is 9.78 Å². The van der Waals surface area contributed by atoms with Crippen LogP contribution in [0.25, 0.3) is 0 Å². The second-order valence-corrected chi connectivity index (χ2v) is 4.24. The van der Waals surface area contributed by atoms with Gasteiger partial charge in [0.05, 0.1) is 24.9 Å². The molecule has 0 radical (unpaired) electrons. The maximum atomic E-state index is 11.8. The van der Waals surface area contributed by atoms with Gasteiger partial charge in [0.25, 0.3) is 0 Å². The lowest BCUT2D eigenvalue weighted by Gasteiger charge is -2.19. The maximum Gasteiger partial charge on any atom is 0.339 e. The van der Waals surface area contributed by atoms with Crippen LogP contribution in [-0.4, -0.2) is 48.5 Å². The van der Waals surface area contributed by atoms with E-state index in [1.54, 1.807) is 24.0 Å². The summed E-state index contributed by atoms with van der Waals surface area (Å²) in [7, 11) is 1.33. The highest BCUT2D eigenvalue weighted by Gasteiger charge is 2.12. The second kappa shape index (κ2) is 7.47. The van der Waals surface area contributed by atoms with Crippen LogP contribution in [0, 0.1) is 6.92 Å². The number of amides is 1. The van der Waals surface area contributed by atoms with Crippen molar-refractivity contribution in [3.63, 3.8) is 0 Å². The minimum absolute atomic E-state index is 0.0199. The molecule has 1 N–H and O–H groups in total. The number of esters is 1. The van der Waals surface area contributed by atoms with Crippen LogP contribution in [0.1, 0.15) is 29.9 Å². The summed E-state index contributed by atoms with van der Waals surface area (Å²) >= 11 is 0. The van der Waals surface area contributed by atoms with Gasteiger partial charge in [-0.15, -0.1) is 0 Å². The van der Waals surface area contributed by atoms with Crippen LogP contribution in [0.4, 0.5) is 5.82 Å². The summed E-state index contributed by atoms with van der Waals surface area (Å²) in [6.45, 7) is 7.16. The molecule has 0 bridgehead atoms. The smallest absolute Gasteiger partial charge is 0.339 e. The van der Waals surface area contributed by atoms with E-state index in [1.165, 1.54) is 7.11 Å². The molecule has 0 spiro atoms. The van der Waals surface area contributed by atoms with Crippen LogP contribution >= 0.6 is 0 Å². The highest BCUT2D eigenvalue weighted by atomic mass is 16.5. The number of anilines is 1. The lowest BCUT2D eigenvalue weighted by Crippen LogP contribution is -2.35. The Labute approximate surface area is 119 Å². The van der Waals surface area contributed by atoms with Crippen molar-refractivity contribution in [1.29, 1.82) is 0 Å². The maximum absolute atomic E-state index is 11.8. The Balaban J connectivity index is 2.68. The molecule has 1 heterocycles. The lowest BCUT2D eigenvalue weighted by atomic mass is 10.2. The van der Waals surface area contributed by atoms with Gasteiger partial charge in [0, 0.05) is 13.1 Å². The predicted molar refractivity (Wildman–Crippen MR) is 76.7 cm³/mol. The summed E-state index contributed by atoms with van der Waals surface area (Å²) in [5.74, 6) is 0.169. The zero-order valence-electron chi connectivity index (χ0n) is 12.4. The molecule has 1 rings (SSSR count). The Morgan fingerprint density at radius 2 is 1.95 bits per heavy atom. The van der Waals surface area contributed by atoms with E-state index in [0.29, 0.717) is 30.2 Å². The summed E-state index contributed by atoms with van der Waals surface area (Å²) < 4.78 is 4.66. The molecule has 0 aliphatic heterocycles. The van der Waals surface area contributed by atoms with Crippen LogP contribution in [0.3, 0.4) is 0 Å². The molecule has 1 aromatic heterocycles. The van der Waals surface area contributed by atoms with E-state index in [1.807, 2.05) is 13.8 Å². The third-order valence-electron chi connectivity index (χ3n) is 3.03. The number of hydrogen-bond donors (Lipinski definition) is 1. The highest BCUT2D eigenvalue weighted by Crippen LogP contribution is 2.11. The quantitative estimate of drug-likeness (QED) is 0.798. The van der Waals surface area contributed by atoms with E-state index in [9.17, 15) is 9.59 Å². The van der Waals surface area contributed by atoms with Crippen LogP contribution < -0.4 is 5.32 Å². The Morgan fingerprint density at radius 1 is 1.30 bits per heavy atom. The van der Waals surface area contributed by atoms with Crippen molar-refractivity contribution in [1.82, 2.24) is 9.88 Å². The third-order valence-corrected chi connectivity index (χ3v) is 3.03. The zero-order valence-corrected chi connectivity index (χ0v) is 12.4. The molecule has 0 saturated carbocycles. The Bertz CT molecular complexity index is 485. The average molecular weight is 279 g/mol. The molecule has 0 aliphatic rings. The van der Waals surface area contributed by atoms with Crippen molar-refractivity contribution in [3.8, 4) is 0 Å². The third kappa shape index (κ3) is 3.94. The minimum Gasteiger partial charge on any atom is -0.465 e. The van der Waals surface area contributed by atoms with E-state index in [-0.39, 0.29) is 12.5 Å². The van der Waals surface area contributed by atoms with Gasteiger partial charge >= 0.3 is 5.97 Å². The normalized spacial score (nSPS) is 10.0. The standard InChI is InChI=1S/C14H21N3O3/c1-5-17(6-2)13(18)9-15-12-8-7-11(10(3)16-12)14(19)20-4/h7-8H,5-6,9H2,1-4H3,(H,15,16). The van der Waals surface area contributed by atoms with Gasteiger partial charge in [0.1, 0.15) is 5.82 Å². The number of methoxy groups -OCH3 is 1. The molecule has 1 aromatic rings. The largest absolute Gasteiger partial charge is 0.465 e. The van der Waals surface area contributed by atoms with Crippen molar-refractivity contribution in [3.05, 3.63) is 23.4 Å². The lowest BCUT2D eigenvalue weighted by molar-refractivity contribution is -0.128. The first-order valence-corrected chi connectivity index (χ1v) is 6.61.